The van der Waals surface area contributed by atoms with Gasteiger partial charge in [0.25, 0.3) is 0 Å². The maximum Gasteiger partial charge on any atom is 0.145 e. The Labute approximate surface area is 101 Å². The molecule has 2 aromatic rings. The van der Waals surface area contributed by atoms with Gasteiger partial charge in [-0.3, -0.25) is 0 Å². The topological polar surface area (TPSA) is 43.4 Å². The molecular weight excluding hydrogens is 216 g/mol. The molecule has 0 atom stereocenters. The van der Waals surface area contributed by atoms with E-state index in [0.717, 1.165) is 34.8 Å². The molecule has 4 nitrogen and oxygen atoms in total. The van der Waals surface area contributed by atoms with Crippen LogP contribution in [0.3, 0.4) is 0 Å². The Bertz CT molecular complexity index is 526. The maximum absolute atomic E-state index is 5.31. The van der Waals surface area contributed by atoms with Gasteiger partial charge in [-0.2, -0.15) is 0 Å². The fourth-order valence-electron chi connectivity index (χ4n) is 1.79. The van der Waals surface area contributed by atoms with Crippen molar-refractivity contribution in [2.24, 2.45) is 0 Å². The first-order valence-corrected chi connectivity index (χ1v) is 5.55. The molecule has 0 spiro atoms. The molecule has 2 rings (SSSR count). The molecule has 0 saturated heterocycles. The van der Waals surface area contributed by atoms with Crippen LogP contribution in [-0.2, 0) is 0 Å². The van der Waals surface area contributed by atoms with Crippen LogP contribution in [0.5, 0.6) is 11.5 Å². The van der Waals surface area contributed by atoms with Crippen LogP contribution < -0.4 is 14.8 Å². The number of ether oxygens (including phenoxy) is 2. The van der Waals surface area contributed by atoms with Crippen LogP contribution in [0.25, 0.3) is 10.9 Å². The van der Waals surface area contributed by atoms with Gasteiger partial charge in [0.05, 0.1) is 14.2 Å². The zero-order chi connectivity index (χ0) is 12.3. The Balaban J connectivity index is 2.64. The molecule has 0 aliphatic rings. The van der Waals surface area contributed by atoms with Crippen molar-refractivity contribution in [1.82, 2.24) is 4.98 Å². The Morgan fingerprint density at radius 1 is 1.06 bits per heavy atom. The van der Waals surface area contributed by atoms with Gasteiger partial charge in [-0.1, -0.05) is 0 Å². The number of rotatable bonds is 4. The van der Waals surface area contributed by atoms with E-state index in [1.807, 2.05) is 31.2 Å². The third-order valence-electron chi connectivity index (χ3n) is 2.58. The summed E-state index contributed by atoms with van der Waals surface area (Å²) in [6.45, 7) is 2.87. The van der Waals surface area contributed by atoms with E-state index in [0.29, 0.717) is 0 Å². The zero-order valence-corrected chi connectivity index (χ0v) is 10.3. The summed E-state index contributed by atoms with van der Waals surface area (Å²) >= 11 is 0. The highest BCUT2D eigenvalue weighted by Gasteiger charge is 2.08. The highest BCUT2D eigenvalue weighted by molar-refractivity contribution is 5.91. The average molecular weight is 232 g/mol. The molecular formula is C13H16N2O2. The smallest absolute Gasteiger partial charge is 0.145 e. The van der Waals surface area contributed by atoms with Gasteiger partial charge < -0.3 is 14.8 Å². The van der Waals surface area contributed by atoms with Crippen LogP contribution in [-0.4, -0.2) is 25.7 Å². The number of anilines is 1. The van der Waals surface area contributed by atoms with Crippen molar-refractivity contribution >= 4 is 16.7 Å². The van der Waals surface area contributed by atoms with E-state index in [2.05, 4.69) is 10.3 Å². The van der Waals surface area contributed by atoms with Crippen molar-refractivity contribution < 1.29 is 9.47 Å². The molecule has 0 bridgehead atoms. The normalized spacial score (nSPS) is 10.3. The molecule has 0 amide bonds. The van der Waals surface area contributed by atoms with Gasteiger partial charge in [-0.25, -0.2) is 4.98 Å². The lowest BCUT2D eigenvalue weighted by atomic mass is 10.2. The minimum Gasteiger partial charge on any atom is -0.496 e. The van der Waals surface area contributed by atoms with Crippen LogP contribution in [0.1, 0.15) is 6.92 Å². The monoisotopic (exact) mass is 232 g/mol. The molecule has 1 aromatic carbocycles. The Kier molecular flexibility index (Phi) is 3.32. The maximum atomic E-state index is 5.31. The Morgan fingerprint density at radius 3 is 2.41 bits per heavy atom. The van der Waals surface area contributed by atoms with Crippen molar-refractivity contribution in [2.45, 2.75) is 6.92 Å². The van der Waals surface area contributed by atoms with Gasteiger partial charge in [0.15, 0.2) is 0 Å². The molecule has 0 unspecified atom stereocenters. The minimum atomic E-state index is 0.751. The fourth-order valence-corrected chi connectivity index (χ4v) is 1.79. The van der Waals surface area contributed by atoms with E-state index in [1.54, 1.807) is 14.2 Å². The predicted molar refractivity (Wildman–Crippen MR) is 69.0 cm³/mol. The molecule has 0 radical (unpaired) electrons. The fraction of sp³-hybridized carbons (Fsp3) is 0.308. The summed E-state index contributed by atoms with van der Waals surface area (Å²) in [5.41, 5.74) is 0.810. The lowest BCUT2D eigenvalue weighted by Crippen LogP contribution is -2.00. The van der Waals surface area contributed by atoms with Crippen molar-refractivity contribution in [1.29, 1.82) is 0 Å². The summed E-state index contributed by atoms with van der Waals surface area (Å²) in [5, 5.41) is 4.13. The first kappa shape index (κ1) is 11.5. The predicted octanol–water partition coefficient (Wildman–Crippen LogP) is 2.68. The minimum absolute atomic E-state index is 0.751. The van der Waals surface area contributed by atoms with Crippen LogP contribution in [0.2, 0.25) is 0 Å². The van der Waals surface area contributed by atoms with Gasteiger partial charge in [0.2, 0.25) is 0 Å². The van der Waals surface area contributed by atoms with Crippen molar-refractivity contribution in [3.05, 3.63) is 24.3 Å². The van der Waals surface area contributed by atoms with E-state index in [9.17, 15) is 0 Å². The second kappa shape index (κ2) is 4.91. The quantitative estimate of drug-likeness (QED) is 0.880. The number of methoxy groups -OCH3 is 2. The summed E-state index contributed by atoms with van der Waals surface area (Å²) in [4.78, 5) is 4.53. The summed E-state index contributed by atoms with van der Waals surface area (Å²) in [6, 6.07) is 7.68. The molecule has 0 fully saturated rings. The van der Waals surface area contributed by atoms with Crippen LogP contribution in [0.4, 0.5) is 5.82 Å². The zero-order valence-electron chi connectivity index (χ0n) is 10.3. The molecule has 1 N–H and O–H groups in total. The second-order valence-corrected chi connectivity index (χ2v) is 3.59. The summed E-state index contributed by atoms with van der Waals surface area (Å²) < 4.78 is 10.6. The van der Waals surface area contributed by atoms with Crippen LogP contribution >= 0.6 is 0 Å². The first-order chi connectivity index (χ1) is 8.30. The summed E-state index contributed by atoms with van der Waals surface area (Å²) in [7, 11) is 3.29. The number of hydrogen-bond donors (Lipinski definition) is 1. The van der Waals surface area contributed by atoms with E-state index in [1.165, 1.54) is 0 Å². The first-order valence-electron chi connectivity index (χ1n) is 5.55. The summed E-state index contributed by atoms with van der Waals surface area (Å²) in [5.74, 6) is 2.39. The number of nitrogens with one attached hydrogen (secondary N) is 1. The SMILES string of the molecule is CCNc1ccc2c(OC)ccc(OC)c2n1. The Hall–Kier alpha value is -1.97. The van der Waals surface area contributed by atoms with Crippen molar-refractivity contribution in [3.63, 3.8) is 0 Å². The highest BCUT2D eigenvalue weighted by Crippen LogP contribution is 2.32. The van der Waals surface area contributed by atoms with Gasteiger partial charge in [-0.15, -0.1) is 0 Å². The average Bonchev–Trinajstić information content (AvgIpc) is 2.37. The number of pyridine rings is 1. The highest BCUT2D eigenvalue weighted by atomic mass is 16.5. The third kappa shape index (κ3) is 2.11. The van der Waals surface area contributed by atoms with E-state index >= 15 is 0 Å². The van der Waals surface area contributed by atoms with Gasteiger partial charge in [0.1, 0.15) is 22.8 Å². The van der Waals surface area contributed by atoms with E-state index in [4.69, 9.17) is 9.47 Å². The number of fused-ring (bicyclic) bond motifs is 1. The largest absolute Gasteiger partial charge is 0.496 e. The van der Waals surface area contributed by atoms with Gasteiger partial charge >= 0.3 is 0 Å². The summed E-state index contributed by atoms with van der Waals surface area (Å²) in [6.07, 6.45) is 0. The second-order valence-electron chi connectivity index (χ2n) is 3.59. The molecule has 0 aliphatic heterocycles. The molecule has 4 heteroatoms. The van der Waals surface area contributed by atoms with Crippen molar-refractivity contribution in [3.8, 4) is 11.5 Å². The molecule has 90 valence electrons. The lowest BCUT2D eigenvalue weighted by Gasteiger charge is -2.10. The van der Waals surface area contributed by atoms with Gasteiger partial charge in [-0.05, 0) is 31.2 Å². The van der Waals surface area contributed by atoms with Crippen molar-refractivity contribution in [2.75, 3.05) is 26.1 Å². The molecule has 0 saturated carbocycles. The van der Waals surface area contributed by atoms with Crippen LogP contribution in [0.15, 0.2) is 24.3 Å². The number of nitrogens with zero attached hydrogens (tertiary/aromatic N) is 1. The Morgan fingerprint density at radius 2 is 1.76 bits per heavy atom. The van der Waals surface area contributed by atoms with E-state index < -0.39 is 0 Å². The number of benzene rings is 1. The molecule has 1 aromatic heterocycles. The molecule has 17 heavy (non-hydrogen) atoms. The third-order valence-corrected chi connectivity index (χ3v) is 2.58. The van der Waals surface area contributed by atoms with E-state index in [-0.39, 0.29) is 0 Å². The van der Waals surface area contributed by atoms with Crippen LogP contribution in [0, 0.1) is 0 Å². The van der Waals surface area contributed by atoms with Gasteiger partial charge in [0, 0.05) is 11.9 Å². The standard InChI is InChI=1S/C13H16N2O2/c1-4-14-12-8-5-9-10(16-2)6-7-11(17-3)13(9)15-12/h5-8H,4H2,1-3H3,(H,14,15). The number of hydrogen-bond acceptors (Lipinski definition) is 4. The molecule has 1 heterocycles. The number of aromatic nitrogens is 1. The lowest BCUT2D eigenvalue weighted by molar-refractivity contribution is 0.410. The molecule has 0 aliphatic carbocycles.